The topological polar surface area (TPSA) is 49.5 Å². The largest absolute Gasteiger partial charge is 0.395 e. The minimum atomic E-state index is 0.128. The van der Waals surface area contributed by atoms with Crippen molar-refractivity contribution in [1.29, 1.82) is 0 Å². The molecule has 0 amide bonds. The number of aliphatic hydroxyl groups excluding tert-OH is 1. The molecule has 16 heavy (non-hydrogen) atoms. The minimum absolute atomic E-state index is 0.128. The van der Waals surface area contributed by atoms with Crippen LogP contribution >= 0.6 is 0 Å². The van der Waals surface area contributed by atoms with Crippen LogP contribution in [-0.2, 0) is 0 Å². The first kappa shape index (κ1) is 13.9. The molecule has 3 N–H and O–H groups in total. The third kappa shape index (κ3) is 4.04. The Balaban J connectivity index is 2.50. The van der Waals surface area contributed by atoms with E-state index in [2.05, 4.69) is 18.7 Å². The van der Waals surface area contributed by atoms with Gasteiger partial charge in [-0.1, -0.05) is 20.3 Å². The van der Waals surface area contributed by atoms with Gasteiger partial charge in [0.1, 0.15) is 0 Å². The Morgan fingerprint density at radius 2 is 2.12 bits per heavy atom. The van der Waals surface area contributed by atoms with Crippen molar-refractivity contribution in [3.05, 3.63) is 0 Å². The van der Waals surface area contributed by atoms with Crippen LogP contribution in [0.5, 0.6) is 0 Å². The van der Waals surface area contributed by atoms with E-state index in [1.165, 1.54) is 19.3 Å². The highest BCUT2D eigenvalue weighted by molar-refractivity contribution is 4.83. The molecule has 3 heteroatoms. The van der Waals surface area contributed by atoms with Gasteiger partial charge in [-0.05, 0) is 44.7 Å². The average Bonchev–Trinajstić information content (AvgIpc) is 2.46. The Bertz CT molecular complexity index is 187. The molecule has 1 rings (SSSR count). The van der Waals surface area contributed by atoms with Crippen molar-refractivity contribution >= 4 is 0 Å². The molecule has 0 saturated carbocycles. The molecule has 0 aromatic heterocycles. The molecule has 0 radical (unpaired) electrons. The van der Waals surface area contributed by atoms with E-state index in [0.717, 1.165) is 31.8 Å². The zero-order valence-corrected chi connectivity index (χ0v) is 10.9. The molecular formula is C13H28N2O. The first-order chi connectivity index (χ1) is 7.69. The highest BCUT2D eigenvalue weighted by Crippen LogP contribution is 2.19. The van der Waals surface area contributed by atoms with Crippen LogP contribution in [-0.4, -0.2) is 41.8 Å². The molecule has 3 atom stereocenters. The highest BCUT2D eigenvalue weighted by Gasteiger charge is 2.25. The van der Waals surface area contributed by atoms with E-state index in [9.17, 15) is 5.11 Å². The molecule has 3 nitrogen and oxygen atoms in total. The number of rotatable bonds is 5. The van der Waals surface area contributed by atoms with E-state index in [1.807, 2.05) is 0 Å². The molecule has 1 heterocycles. The van der Waals surface area contributed by atoms with Gasteiger partial charge in [0.2, 0.25) is 0 Å². The molecule has 0 bridgehead atoms. The van der Waals surface area contributed by atoms with E-state index in [4.69, 9.17) is 5.73 Å². The number of hydrogen-bond acceptors (Lipinski definition) is 3. The smallest absolute Gasteiger partial charge is 0.0601 e. The quantitative estimate of drug-likeness (QED) is 0.751. The van der Waals surface area contributed by atoms with Crippen molar-refractivity contribution in [2.24, 2.45) is 11.7 Å². The second-order valence-electron chi connectivity index (χ2n) is 5.27. The molecule has 0 spiro atoms. The van der Waals surface area contributed by atoms with Crippen molar-refractivity contribution in [2.45, 2.75) is 58.0 Å². The Morgan fingerprint density at radius 3 is 2.75 bits per heavy atom. The van der Waals surface area contributed by atoms with Gasteiger partial charge in [0.15, 0.2) is 0 Å². The molecule has 96 valence electrons. The van der Waals surface area contributed by atoms with Gasteiger partial charge in [-0.25, -0.2) is 0 Å². The molecule has 0 aromatic rings. The lowest BCUT2D eigenvalue weighted by Crippen LogP contribution is -2.50. The van der Waals surface area contributed by atoms with Gasteiger partial charge in [-0.3, -0.25) is 4.90 Å². The summed E-state index contributed by atoms with van der Waals surface area (Å²) in [5, 5.41) is 9.51. The summed E-state index contributed by atoms with van der Waals surface area (Å²) in [5.74, 6) is 0.826. The standard InChI is InChI=1S/C13H28N2O/c1-3-5-12(14)13(10-16)15-8-4-6-11(2)7-9-15/h11-13,16H,3-10,14H2,1-2H3. The van der Waals surface area contributed by atoms with Gasteiger partial charge in [0, 0.05) is 12.1 Å². The summed E-state index contributed by atoms with van der Waals surface area (Å²) in [7, 11) is 0. The molecule has 1 aliphatic heterocycles. The summed E-state index contributed by atoms with van der Waals surface area (Å²) in [6.07, 6.45) is 5.92. The van der Waals surface area contributed by atoms with E-state index < -0.39 is 0 Å². The molecule has 0 aliphatic carbocycles. The average molecular weight is 228 g/mol. The molecule has 0 aromatic carbocycles. The maximum atomic E-state index is 9.51. The number of hydrogen-bond donors (Lipinski definition) is 2. The van der Waals surface area contributed by atoms with Crippen molar-refractivity contribution in [3.8, 4) is 0 Å². The summed E-state index contributed by atoms with van der Waals surface area (Å²) in [6, 6.07) is 0.300. The van der Waals surface area contributed by atoms with E-state index in [-0.39, 0.29) is 18.7 Å². The van der Waals surface area contributed by atoms with Crippen molar-refractivity contribution in [1.82, 2.24) is 4.90 Å². The van der Waals surface area contributed by atoms with Crippen LogP contribution in [0.1, 0.15) is 46.0 Å². The molecular weight excluding hydrogens is 200 g/mol. The Morgan fingerprint density at radius 1 is 1.38 bits per heavy atom. The number of aliphatic hydroxyl groups is 1. The fourth-order valence-corrected chi connectivity index (χ4v) is 2.66. The second kappa shape index (κ2) is 7.25. The fraction of sp³-hybridized carbons (Fsp3) is 1.00. The monoisotopic (exact) mass is 228 g/mol. The van der Waals surface area contributed by atoms with Crippen molar-refractivity contribution < 1.29 is 5.11 Å². The molecule has 3 unspecified atom stereocenters. The van der Waals surface area contributed by atoms with Crippen molar-refractivity contribution in [2.75, 3.05) is 19.7 Å². The molecule has 1 aliphatic rings. The number of nitrogens with zero attached hydrogens (tertiary/aromatic N) is 1. The Kier molecular flexibility index (Phi) is 6.32. The lowest BCUT2D eigenvalue weighted by molar-refractivity contribution is 0.103. The summed E-state index contributed by atoms with van der Waals surface area (Å²) in [6.45, 7) is 6.88. The minimum Gasteiger partial charge on any atom is -0.395 e. The van der Waals surface area contributed by atoms with E-state index in [1.54, 1.807) is 0 Å². The molecule has 1 fully saturated rings. The van der Waals surface area contributed by atoms with Gasteiger partial charge in [-0.2, -0.15) is 0 Å². The van der Waals surface area contributed by atoms with Crippen LogP contribution in [0.4, 0.5) is 0 Å². The predicted molar refractivity (Wildman–Crippen MR) is 68.3 cm³/mol. The first-order valence-electron chi connectivity index (χ1n) is 6.79. The Labute approximate surface area is 100 Å². The summed E-state index contributed by atoms with van der Waals surface area (Å²) >= 11 is 0. The van der Waals surface area contributed by atoms with Gasteiger partial charge >= 0.3 is 0 Å². The zero-order valence-electron chi connectivity index (χ0n) is 10.9. The lowest BCUT2D eigenvalue weighted by atomic mass is 10.0. The summed E-state index contributed by atoms with van der Waals surface area (Å²) < 4.78 is 0. The maximum absolute atomic E-state index is 9.51. The SMILES string of the molecule is CCCC(N)C(CO)N1CCCC(C)CC1. The van der Waals surface area contributed by atoms with Crippen LogP contribution in [0.15, 0.2) is 0 Å². The third-order valence-corrected chi connectivity index (χ3v) is 3.82. The van der Waals surface area contributed by atoms with Gasteiger partial charge in [0.05, 0.1) is 6.61 Å². The zero-order chi connectivity index (χ0) is 12.0. The van der Waals surface area contributed by atoms with Crippen LogP contribution < -0.4 is 5.73 Å². The normalized spacial score (nSPS) is 27.4. The van der Waals surface area contributed by atoms with Gasteiger partial charge in [0.25, 0.3) is 0 Å². The van der Waals surface area contributed by atoms with Crippen LogP contribution in [0.25, 0.3) is 0 Å². The van der Waals surface area contributed by atoms with Crippen LogP contribution in [0, 0.1) is 5.92 Å². The van der Waals surface area contributed by atoms with E-state index >= 15 is 0 Å². The molecule has 1 saturated heterocycles. The Hall–Kier alpha value is -0.120. The van der Waals surface area contributed by atoms with Gasteiger partial charge < -0.3 is 10.8 Å². The fourth-order valence-electron chi connectivity index (χ4n) is 2.66. The number of nitrogens with two attached hydrogens (primary N) is 1. The van der Waals surface area contributed by atoms with Crippen molar-refractivity contribution in [3.63, 3.8) is 0 Å². The second-order valence-corrected chi connectivity index (χ2v) is 5.27. The van der Waals surface area contributed by atoms with Gasteiger partial charge in [-0.15, -0.1) is 0 Å². The maximum Gasteiger partial charge on any atom is 0.0601 e. The predicted octanol–water partition coefficient (Wildman–Crippen LogP) is 1.60. The lowest BCUT2D eigenvalue weighted by Gasteiger charge is -2.33. The van der Waals surface area contributed by atoms with E-state index in [0.29, 0.717) is 0 Å². The van der Waals surface area contributed by atoms with Crippen LogP contribution in [0.3, 0.4) is 0 Å². The first-order valence-corrected chi connectivity index (χ1v) is 6.79. The number of likely N-dealkylation sites (tertiary alicyclic amines) is 1. The summed E-state index contributed by atoms with van der Waals surface area (Å²) in [4.78, 5) is 2.41. The third-order valence-electron chi connectivity index (χ3n) is 3.82. The summed E-state index contributed by atoms with van der Waals surface area (Å²) in [5.41, 5.74) is 6.15. The van der Waals surface area contributed by atoms with Crippen LogP contribution in [0.2, 0.25) is 0 Å². The highest BCUT2D eigenvalue weighted by atomic mass is 16.3.